The molecule has 150 valence electrons. The Kier molecular flexibility index (Phi) is 19.3. The third-order valence-corrected chi connectivity index (χ3v) is 5.15. The number of rotatable bonds is 19. The van der Waals surface area contributed by atoms with E-state index in [0.717, 1.165) is 19.5 Å². The van der Waals surface area contributed by atoms with Gasteiger partial charge in [-0.3, -0.25) is 9.69 Å². The van der Waals surface area contributed by atoms with E-state index < -0.39 is 0 Å². The Balaban J connectivity index is 3.19. The van der Waals surface area contributed by atoms with Crippen molar-refractivity contribution in [3.8, 4) is 0 Å². The van der Waals surface area contributed by atoms with Gasteiger partial charge in [0.25, 0.3) is 0 Å². The van der Waals surface area contributed by atoms with E-state index in [1.807, 2.05) is 0 Å². The van der Waals surface area contributed by atoms with Gasteiger partial charge in [0.1, 0.15) is 0 Å². The van der Waals surface area contributed by atoms with Gasteiger partial charge >= 0.3 is 0 Å². The summed E-state index contributed by atoms with van der Waals surface area (Å²) in [5, 5.41) is 3.02. The summed E-state index contributed by atoms with van der Waals surface area (Å²) in [6.45, 7) is 9.23. The van der Waals surface area contributed by atoms with Crippen molar-refractivity contribution in [1.82, 2.24) is 10.2 Å². The monoisotopic (exact) mass is 354 g/mol. The molecule has 25 heavy (non-hydrogen) atoms. The highest BCUT2D eigenvalue weighted by Crippen LogP contribution is 2.13. The minimum atomic E-state index is 0.214. The van der Waals surface area contributed by atoms with Crippen LogP contribution in [0.3, 0.4) is 0 Å². The van der Waals surface area contributed by atoms with Gasteiger partial charge in [-0.25, -0.2) is 0 Å². The van der Waals surface area contributed by atoms with Crippen LogP contribution in [0.15, 0.2) is 0 Å². The molecule has 0 saturated carbocycles. The van der Waals surface area contributed by atoms with Crippen molar-refractivity contribution < 1.29 is 4.79 Å². The molecule has 1 N–H and O–H groups in total. The number of carbonyl (C=O) groups excluding carboxylic acids is 1. The molecule has 0 aliphatic heterocycles. The largest absolute Gasteiger partial charge is 0.343 e. The number of nitrogens with zero attached hydrogens (tertiary/aromatic N) is 1. The number of unbranched alkanes of at least 4 members (excludes halogenated alkanes) is 13. The van der Waals surface area contributed by atoms with Crippen molar-refractivity contribution >= 4 is 5.91 Å². The molecule has 3 heteroatoms. The average molecular weight is 355 g/mol. The highest BCUT2D eigenvalue weighted by molar-refractivity contribution is 5.75. The first-order valence-electron chi connectivity index (χ1n) is 11.2. The normalized spacial score (nSPS) is 11.2. The standard InChI is InChI=1S/C22H46N2O/c1-4-7-8-9-10-11-12-13-14-15-16-17-18-19-20-22(25)23-21-24(5-2)6-3/h4-21H2,1-3H3,(H,23,25). The number of hydrogen-bond donors (Lipinski definition) is 1. The van der Waals surface area contributed by atoms with Gasteiger partial charge in [-0.1, -0.05) is 104 Å². The van der Waals surface area contributed by atoms with E-state index in [2.05, 4.69) is 31.0 Å². The topological polar surface area (TPSA) is 32.3 Å². The van der Waals surface area contributed by atoms with Gasteiger partial charge in [0, 0.05) is 6.42 Å². The van der Waals surface area contributed by atoms with Crippen molar-refractivity contribution in [2.75, 3.05) is 19.8 Å². The van der Waals surface area contributed by atoms with Crippen LogP contribution in [0.5, 0.6) is 0 Å². The summed E-state index contributed by atoms with van der Waals surface area (Å²) in [5.41, 5.74) is 0. The van der Waals surface area contributed by atoms with E-state index in [-0.39, 0.29) is 5.91 Å². The number of carbonyl (C=O) groups is 1. The van der Waals surface area contributed by atoms with Crippen molar-refractivity contribution in [1.29, 1.82) is 0 Å². The Bertz CT molecular complexity index is 277. The van der Waals surface area contributed by atoms with Crippen LogP contribution >= 0.6 is 0 Å². The molecule has 0 saturated heterocycles. The quantitative estimate of drug-likeness (QED) is 0.219. The molecule has 0 heterocycles. The van der Waals surface area contributed by atoms with Gasteiger partial charge in [-0.05, 0) is 19.5 Å². The molecule has 0 radical (unpaired) electrons. The lowest BCUT2D eigenvalue weighted by Gasteiger charge is -2.18. The van der Waals surface area contributed by atoms with Crippen molar-refractivity contribution in [3.05, 3.63) is 0 Å². The first-order valence-corrected chi connectivity index (χ1v) is 11.2. The molecule has 3 nitrogen and oxygen atoms in total. The maximum absolute atomic E-state index is 11.8. The fraction of sp³-hybridized carbons (Fsp3) is 0.955. The zero-order valence-electron chi connectivity index (χ0n) is 17.6. The van der Waals surface area contributed by atoms with Gasteiger partial charge in [0.05, 0.1) is 6.67 Å². The predicted octanol–water partition coefficient (Wildman–Crippen LogP) is 6.27. The summed E-state index contributed by atoms with van der Waals surface area (Å²) >= 11 is 0. The zero-order valence-corrected chi connectivity index (χ0v) is 17.6. The maximum atomic E-state index is 11.8. The smallest absolute Gasteiger partial charge is 0.220 e. The molecule has 0 aromatic carbocycles. The Labute approximate surface area is 158 Å². The predicted molar refractivity (Wildman–Crippen MR) is 111 cm³/mol. The van der Waals surface area contributed by atoms with Crippen LogP contribution < -0.4 is 5.32 Å². The second kappa shape index (κ2) is 19.8. The fourth-order valence-electron chi connectivity index (χ4n) is 3.22. The summed E-state index contributed by atoms with van der Waals surface area (Å²) in [7, 11) is 0. The van der Waals surface area contributed by atoms with E-state index >= 15 is 0 Å². The second-order valence-electron chi connectivity index (χ2n) is 7.41. The first-order chi connectivity index (χ1) is 12.2. The van der Waals surface area contributed by atoms with Crippen LogP contribution in [0.2, 0.25) is 0 Å². The lowest BCUT2D eigenvalue weighted by atomic mass is 10.0. The summed E-state index contributed by atoms with van der Waals surface area (Å²) < 4.78 is 0. The Morgan fingerprint density at radius 3 is 1.44 bits per heavy atom. The summed E-state index contributed by atoms with van der Waals surface area (Å²) in [6, 6.07) is 0. The third-order valence-electron chi connectivity index (χ3n) is 5.15. The van der Waals surface area contributed by atoms with Crippen LogP contribution in [-0.2, 0) is 4.79 Å². The van der Waals surface area contributed by atoms with E-state index in [4.69, 9.17) is 0 Å². The van der Waals surface area contributed by atoms with Crippen LogP contribution in [0.25, 0.3) is 0 Å². The molecular formula is C22H46N2O. The second-order valence-corrected chi connectivity index (χ2v) is 7.41. The first kappa shape index (κ1) is 24.4. The highest BCUT2D eigenvalue weighted by Gasteiger charge is 2.03. The molecular weight excluding hydrogens is 308 g/mol. The van der Waals surface area contributed by atoms with E-state index in [1.165, 1.54) is 83.5 Å². The van der Waals surface area contributed by atoms with Gasteiger partial charge in [-0.15, -0.1) is 0 Å². The molecule has 0 rings (SSSR count). The van der Waals surface area contributed by atoms with Crippen LogP contribution in [0, 0.1) is 0 Å². The van der Waals surface area contributed by atoms with Gasteiger partial charge in [0.15, 0.2) is 0 Å². The van der Waals surface area contributed by atoms with Crippen molar-refractivity contribution in [2.45, 2.75) is 117 Å². The maximum Gasteiger partial charge on any atom is 0.220 e. The average Bonchev–Trinajstić information content (AvgIpc) is 2.62. The molecule has 0 aromatic heterocycles. The molecule has 0 fully saturated rings. The third kappa shape index (κ3) is 18.0. The Morgan fingerprint density at radius 2 is 1.04 bits per heavy atom. The Hall–Kier alpha value is -0.570. The lowest BCUT2D eigenvalue weighted by molar-refractivity contribution is -0.121. The van der Waals surface area contributed by atoms with E-state index in [0.29, 0.717) is 13.1 Å². The van der Waals surface area contributed by atoms with Crippen LogP contribution in [-0.4, -0.2) is 30.6 Å². The summed E-state index contributed by atoms with van der Waals surface area (Å²) in [4.78, 5) is 14.0. The number of hydrogen-bond acceptors (Lipinski definition) is 2. The molecule has 0 bridgehead atoms. The van der Waals surface area contributed by atoms with Crippen LogP contribution in [0.4, 0.5) is 0 Å². The van der Waals surface area contributed by atoms with Gasteiger partial charge in [0.2, 0.25) is 5.91 Å². The SMILES string of the molecule is CCCCCCCCCCCCCCCCC(=O)NCN(CC)CC. The summed E-state index contributed by atoms with van der Waals surface area (Å²) in [6.07, 6.45) is 19.7. The Morgan fingerprint density at radius 1 is 0.640 bits per heavy atom. The van der Waals surface area contributed by atoms with Gasteiger partial charge < -0.3 is 5.32 Å². The lowest BCUT2D eigenvalue weighted by Crippen LogP contribution is -2.37. The zero-order chi connectivity index (χ0) is 18.6. The van der Waals surface area contributed by atoms with Crippen LogP contribution in [0.1, 0.15) is 117 Å². The number of amides is 1. The molecule has 0 aliphatic carbocycles. The molecule has 0 atom stereocenters. The molecule has 0 aromatic rings. The number of nitrogens with one attached hydrogen (secondary N) is 1. The fourth-order valence-corrected chi connectivity index (χ4v) is 3.22. The molecule has 0 unspecified atom stereocenters. The highest BCUT2D eigenvalue weighted by atomic mass is 16.1. The van der Waals surface area contributed by atoms with E-state index in [9.17, 15) is 4.79 Å². The van der Waals surface area contributed by atoms with E-state index in [1.54, 1.807) is 0 Å². The molecule has 0 spiro atoms. The molecule has 1 amide bonds. The van der Waals surface area contributed by atoms with Gasteiger partial charge in [-0.2, -0.15) is 0 Å². The van der Waals surface area contributed by atoms with Crippen molar-refractivity contribution in [3.63, 3.8) is 0 Å². The van der Waals surface area contributed by atoms with Crippen molar-refractivity contribution in [2.24, 2.45) is 0 Å². The molecule has 0 aliphatic rings. The summed E-state index contributed by atoms with van der Waals surface area (Å²) in [5.74, 6) is 0.214. The minimum absolute atomic E-state index is 0.214. The minimum Gasteiger partial charge on any atom is -0.343 e.